The first kappa shape index (κ1) is 21.8. The average molecular weight is 496 g/mol. The zero-order chi connectivity index (χ0) is 22.5. The Morgan fingerprint density at radius 2 is 1.81 bits per heavy atom. The predicted octanol–water partition coefficient (Wildman–Crippen LogP) is 5.91. The van der Waals surface area contributed by atoms with Gasteiger partial charge < -0.3 is 14.2 Å². The molecule has 0 spiro atoms. The fraction of sp³-hybridized carbons (Fsp3) is 0.120. The second kappa shape index (κ2) is 9.78. The van der Waals surface area contributed by atoms with Crippen molar-refractivity contribution in [2.45, 2.75) is 13.5 Å². The minimum absolute atomic E-state index is 0.0686. The molecule has 7 heteroatoms. The first-order valence-electron chi connectivity index (χ1n) is 9.95. The van der Waals surface area contributed by atoms with Crippen LogP contribution in [0.1, 0.15) is 23.6 Å². The molecular weight excluding hydrogens is 477 g/mol. The van der Waals surface area contributed by atoms with E-state index >= 15 is 0 Å². The average Bonchev–Trinajstić information content (AvgIpc) is 3.14. The zero-order valence-corrected chi connectivity index (χ0v) is 18.8. The van der Waals surface area contributed by atoms with Crippen molar-refractivity contribution in [1.29, 1.82) is 0 Å². The molecule has 3 aromatic rings. The number of cyclic esters (lactones) is 1. The fourth-order valence-electron chi connectivity index (χ4n) is 3.09. The van der Waals surface area contributed by atoms with Crippen molar-refractivity contribution in [2.24, 2.45) is 4.99 Å². The molecule has 1 heterocycles. The Balaban J connectivity index is 1.58. The van der Waals surface area contributed by atoms with Gasteiger partial charge in [-0.25, -0.2) is 14.2 Å². The minimum atomic E-state index is -0.534. The first-order chi connectivity index (χ1) is 15.5. The molecule has 0 aromatic heterocycles. The molecule has 0 amide bonds. The van der Waals surface area contributed by atoms with Crippen LogP contribution in [-0.2, 0) is 16.1 Å². The van der Waals surface area contributed by atoms with Crippen LogP contribution in [0.3, 0.4) is 0 Å². The molecule has 0 fully saturated rings. The Labute approximate surface area is 193 Å². The lowest BCUT2D eigenvalue weighted by molar-refractivity contribution is -0.129. The van der Waals surface area contributed by atoms with Gasteiger partial charge in [-0.15, -0.1) is 0 Å². The number of esters is 1. The Bertz CT molecular complexity index is 1220. The van der Waals surface area contributed by atoms with Gasteiger partial charge in [-0.2, -0.15) is 0 Å². The monoisotopic (exact) mass is 495 g/mol. The maximum Gasteiger partial charge on any atom is 0.363 e. The van der Waals surface area contributed by atoms with Crippen LogP contribution in [0, 0.1) is 5.82 Å². The van der Waals surface area contributed by atoms with Gasteiger partial charge in [0.1, 0.15) is 12.4 Å². The summed E-state index contributed by atoms with van der Waals surface area (Å²) < 4.78 is 31.5. The number of carbonyl (C=O) groups excluding carboxylic acids is 1. The van der Waals surface area contributed by atoms with Crippen molar-refractivity contribution in [3.63, 3.8) is 0 Å². The Morgan fingerprint density at radius 1 is 1.03 bits per heavy atom. The number of carbonyl (C=O) groups is 1. The van der Waals surface area contributed by atoms with E-state index in [-0.39, 0.29) is 24.0 Å². The van der Waals surface area contributed by atoms with Gasteiger partial charge in [-0.3, -0.25) is 0 Å². The number of halogens is 2. The van der Waals surface area contributed by atoms with Gasteiger partial charge >= 0.3 is 5.97 Å². The number of nitrogens with zero attached hydrogens (tertiary/aromatic N) is 1. The third kappa shape index (κ3) is 4.89. The summed E-state index contributed by atoms with van der Waals surface area (Å²) in [6.45, 7) is 2.34. The molecule has 0 atom stereocenters. The number of hydrogen-bond donors (Lipinski definition) is 0. The molecule has 0 N–H and O–H groups in total. The summed E-state index contributed by atoms with van der Waals surface area (Å²) in [6.07, 6.45) is 1.62. The summed E-state index contributed by atoms with van der Waals surface area (Å²) in [5.41, 5.74) is 2.01. The van der Waals surface area contributed by atoms with Crippen molar-refractivity contribution < 1.29 is 23.4 Å². The van der Waals surface area contributed by atoms with Crippen molar-refractivity contribution in [2.75, 3.05) is 6.61 Å². The molecule has 0 radical (unpaired) electrons. The standard InChI is InChI=1S/C25H19BrFNO4/c1-2-30-23-14-16(11-12-22(23)31-15-17-7-3-6-10-20(17)27)13-21-25(29)32-24(28-21)18-8-4-5-9-19(18)26/h3-14H,2,15H2,1H3/b21-13-. The number of aliphatic imine (C=N–C) groups is 1. The summed E-state index contributed by atoms with van der Waals surface area (Å²) in [5.74, 6) is 0.339. The number of ether oxygens (including phenoxy) is 3. The lowest BCUT2D eigenvalue weighted by atomic mass is 10.1. The van der Waals surface area contributed by atoms with E-state index < -0.39 is 5.97 Å². The van der Waals surface area contributed by atoms with Gasteiger partial charge in [0.2, 0.25) is 5.90 Å². The molecule has 0 bridgehead atoms. The molecule has 162 valence electrons. The summed E-state index contributed by atoms with van der Waals surface area (Å²) in [5, 5.41) is 0. The van der Waals surface area contributed by atoms with E-state index in [1.165, 1.54) is 6.07 Å². The van der Waals surface area contributed by atoms with Crippen LogP contribution in [0.4, 0.5) is 4.39 Å². The minimum Gasteiger partial charge on any atom is -0.490 e. The highest BCUT2D eigenvalue weighted by Crippen LogP contribution is 2.31. The molecule has 32 heavy (non-hydrogen) atoms. The molecule has 0 saturated carbocycles. The molecule has 4 rings (SSSR count). The largest absolute Gasteiger partial charge is 0.490 e. The van der Waals surface area contributed by atoms with Gasteiger partial charge in [0.25, 0.3) is 0 Å². The van der Waals surface area contributed by atoms with Gasteiger partial charge in [0.05, 0.1) is 12.2 Å². The second-order valence-electron chi connectivity index (χ2n) is 6.84. The maximum atomic E-state index is 13.9. The lowest BCUT2D eigenvalue weighted by Crippen LogP contribution is -2.05. The molecule has 3 aromatic carbocycles. The van der Waals surface area contributed by atoms with E-state index in [9.17, 15) is 9.18 Å². The van der Waals surface area contributed by atoms with Crippen molar-refractivity contribution in [1.82, 2.24) is 0 Å². The van der Waals surface area contributed by atoms with Gasteiger partial charge in [0.15, 0.2) is 17.2 Å². The third-order valence-corrected chi connectivity index (χ3v) is 5.33. The summed E-state index contributed by atoms with van der Waals surface area (Å²) >= 11 is 3.44. The van der Waals surface area contributed by atoms with Crippen molar-refractivity contribution in [3.05, 3.63) is 99.4 Å². The molecular formula is C25H19BrFNO4. The highest BCUT2D eigenvalue weighted by Gasteiger charge is 2.25. The van der Waals surface area contributed by atoms with Crippen LogP contribution in [0.5, 0.6) is 11.5 Å². The second-order valence-corrected chi connectivity index (χ2v) is 7.69. The van der Waals surface area contributed by atoms with Crippen LogP contribution in [-0.4, -0.2) is 18.5 Å². The van der Waals surface area contributed by atoms with Gasteiger partial charge in [-0.05, 0) is 64.8 Å². The van der Waals surface area contributed by atoms with E-state index in [1.54, 1.807) is 42.5 Å². The van der Waals surface area contributed by atoms with Crippen molar-refractivity contribution >= 4 is 33.9 Å². The van der Waals surface area contributed by atoms with E-state index in [0.717, 1.165) is 4.47 Å². The van der Waals surface area contributed by atoms with Crippen LogP contribution in [0.25, 0.3) is 6.08 Å². The number of rotatable bonds is 7. The Morgan fingerprint density at radius 3 is 2.59 bits per heavy atom. The molecule has 1 aliphatic rings. The topological polar surface area (TPSA) is 57.1 Å². The molecule has 1 aliphatic heterocycles. The van der Waals surface area contributed by atoms with Crippen LogP contribution < -0.4 is 9.47 Å². The quantitative estimate of drug-likeness (QED) is 0.302. The Hall–Kier alpha value is -3.45. The third-order valence-electron chi connectivity index (χ3n) is 4.64. The molecule has 0 saturated heterocycles. The van der Waals surface area contributed by atoms with Crippen LogP contribution in [0.15, 0.2) is 81.9 Å². The first-order valence-corrected chi connectivity index (χ1v) is 10.7. The molecule has 0 aliphatic carbocycles. The van der Waals surface area contributed by atoms with E-state index in [2.05, 4.69) is 20.9 Å². The highest BCUT2D eigenvalue weighted by molar-refractivity contribution is 9.10. The predicted molar refractivity (Wildman–Crippen MR) is 123 cm³/mol. The van der Waals surface area contributed by atoms with E-state index in [1.807, 2.05) is 31.2 Å². The fourth-order valence-corrected chi connectivity index (χ4v) is 3.54. The van der Waals surface area contributed by atoms with Crippen LogP contribution >= 0.6 is 15.9 Å². The number of hydrogen-bond acceptors (Lipinski definition) is 5. The summed E-state index contributed by atoms with van der Waals surface area (Å²) in [7, 11) is 0. The SMILES string of the molecule is CCOc1cc(/C=C2\N=C(c3ccccc3Br)OC2=O)ccc1OCc1ccccc1F. The summed E-state index contributed by atoms with van der Waals surface area (Å²) in [6, 6.07) is 19.0. The number of benzene rings is 3. The van der Waals surface area contributed by atoms with E-state index in [0.29, 0.717) is 34.8 Å². The van der Waals surface area contributed by atoms with Gasteiger partial charge in [-0.1, -0.05) is 36.4 Å². The molecule has 0 unspecified atom stereocenters. The van der Waals surface area contributed by atoms with E-state index in [4.69, 9.17) is 14.2 Å². The summed E-state index contributed by atoms with van der Waals surface area (Å²) in [4.78, 5) is 16.7. The molecule has 5 nitrogen and oxygen atoms in total. The van der Waals surface area contributed by atoms with Gasteiger partial charge in [0, 0.05) is 10.0 Å². The zero-order valence-electron chi connectivity index (χ0n) is 17.2. The smallest absolute Gasteiger partial charge is 0.363 e. The van der Waals surface area contributed by atoms with Crippen molar-refractivity contribution in [3.8, 4) is 11.5 Å². The highest BCUT2D eigenvalue weighted by atomic mass is 79.9. The normalized spacial score (nSPS) is 14.3. The lowest BCUT2D eigenvalue weighted by Gasteiger charge is -2.13. The Kier molecular flexibility index (Phi) is 6.66. The van der Waals surface area contributed by atoms with Crippen LogP contribution in [0.2, 0.25) is 0 Å². The maximum absolute atomic E-state index is 13.9.